The first-order valence-electron chi connectivity index (χ1n) is 7.45. The summed E-state index contributed by atoms with van der Waals surface area (Å²) in [4.78, 5) is 11.5. The van der Waals surface area contributed by atoms with Crippen molar-refractivity contribution in [3.05, 3.63) is 28.8 Å². The summed E-state index contributed by atoms with van der Waals surface area (Å²) in [5.74, 6) is -1.46. The van der Waals surface area contributed by atoms with Gasteiger partial charge in [-0.3, -0.25) is 10.2 Å². The van der Waals surface area contributed by atoms with Crippen molar-refractivity contribution in [3.63, 3.8) is 0 Å². The molecular weight excluding hydrogens is 332 g/mol. The Balaban J connectivity index is 2.93. The smallest absolute Gasteiger partial charge is 0.321 e. The summed E-state index contributed by atoms with van der Waals surface area (Å²) in [7, 11) is -3.95. The van der Waals surface area contributed by atoms with E-state index < -0.39 is 22.0 Å². The van der Waals surface area contributed by atoms with Crippen molar-refractivity contribution in [1.82, 2.24) is 10.0 Å². The lowest BCUT2D eigenvalue weighted by atomic mass is 10.1. The molecule has 0 aliphatic rings. The average molecular weight is 356 g/mol. The van der Waals surface area contributed by atoms with Crippen LogP contribution in [0.25, 0.3) is 0 Å². The second-order valence-corrected chi connectivity index (χ2v) is 7.37. The van der Waals surface area contributed by atoms with Gasteiger partial charge >= 0.3 is 5.97 Å². The van der Waals surface area contributed by atoms with E-state index in [4.69, 9.17) is 11.1 Å². The second-order valence-electron chi connectivity index (χ2n) is 5.72. The quantitative estimate of drug-likeness (QED) is 0.262. The molecule has 134 valence electrons. The largest absolute Gasteiger partial charge is 0.480 e. The zero-order valence-corrected chi connectivity index (χ0v) is 14.8. The van der Waals surface area contributed by atoms with Gasteiger partial charge in [0, 0.05) is 6.54 Å². The van der Waals surface area contributed by atoms with E-state index in [1.54, 1.807) is 26.0 Å². The number of carboxylic acids is 1. The lowest BCUT2D eigenvalue weighted by Gasteiger charge is -2.18. The minimum atomic E-state index is -3.95. The van der Waals surface area contributed by atoms with Crippen LogP contribution < -0.4 is 15.8 Å². The number of guanidine groups is 1. The van der Waals surface area contributed by atoms with Gasteiger partial charge in [-0.25, -0.2) is 8.42 Å². The summed E-state index contributed by atoms with van der Waals surface area (Å²) < 4.78 is 27.5. The molecule has 0 radical (unpaired) electrons. The minimum absolute atomic E-state index is 0.0821. The van der Waals surface area contributed by atoms with Gasteiger partial charge in [-0.05, 0) is 44.7 Å². The van der Waals surface area contributed by atoms with E-state index in [0.29, 0.717) is 24.1 Å². The number of hydrogen-bond donors (Lipinski definition) is 5. The van der Waals surface area contributed by atoms with Crippen LogP contribution in [0.4, 0.5) is 0 Å². The molecule has 0 heterocycles. The topological polar surface area (TPSA) is 145 Å². The second kappa shape index (κ2) is 8.11. The molecule has 0 saturated heterocycles. The maximum atomic E-state index is 12.6. The number of nitrogens with two attached hydrogens (primary N) is 1. The highest BCUT2D eigenvalue weighted by Gasteiger charge is 2.27. The maximum Gasteiger partial charge on any atom is 0.321 e. The summed E-state index contributed by atoms with van der Waals surface area (Å²) in [5, 5.41) is 18.8. The first-order valence-corrected chi connectivity index (χ1v) is 8.94. The van der Waals surface area contributed by atoms with Crippen LogP contribution in [0, 0.1) is 26.2 Å². The number of benzene rings is 1. The number of sulfonamides is 1. The van der Waals surface area contributed by atoms with Gasteiger partial charge in [0.15, 0.2) is 5.96 Å². The van der Waals surface area contributed by atoms with Crippen LogP contribution in [0.5, 0.6) is 0 Å². The summed E-state index contributed by atoms with van der Waals surface area (Å²) in [6.07, 6.45) is 0.434. The van der Waals surface area contributed by atoms with Gasteiger partial charge in [-0.2, -0.15) is 4.72 Å². The highest BCUT2D eigenvalue weighted by atomic mass is 32.2. The molecule has 1 aromatic carbocycles. The molecule has 0 amide bonds. The molecule has 0 aromatic heterocycles. The van der Waals surface area contributed by atoms with E-state index in [-0.39, 0.29) is 17.3 Å². The number of carboxylic acid groups (broad SMARTS) is 1. The molecule has 8 nitrogen and oxygen atoms in total. The van der Waals surface area contributed by atoms with Crippen molar-refractivity contribution in [2.45, 2.75) is 44.6 Å². The molecule has 1 aromatic rings. The van der Waals surface area contributed by atoms with Gasteiger partial charge in [0.25, 0.3) is 0 Å². The van der Waals surface area contributed by atoms with Crippen molar-refractivity contribution in [2.24, 2.45) is 5.73 Å². The van der Waals surface area contributed by atoms with Crippen LogP contribution in [-0.2, 0) is 14.8 Å². The third-order valence-electron chi connectivity index (χ3n) is 3.45. The fraction of sp³-hybridized carbons (Fsp3) is 0.467. The third kappa shape index (κ3) is 5.50. The normalized spacial score (nSPS) is 12.6. The van der Waals surface area contributed by atoms with E-state index in [1.165, 1.54) is 0 Å². The highest BCUT2D eigenvalue weighted by Crippen LogP contribution is 2.22. The standard InChI is InChI=1S/C15H24N4O4S/c1-9-7-10(2)13(11(3)8-9)24(22,23)19-12(14(20)21)5-4-6-18-15(16)17/h7-8,12,19H,4-6H2,1-3H3,(H,20,21)(H4,16,17,18). The van der Waals surface area contributed by atoms with Gasteiger partial charge in [-0.1, -0.05) is 17.7 Å². The summed E-state index contributed by atoms with van der Waals surface area (Å²) >= 11 is 0. The van der Waals surface area contributed by atoms with Gasteiger partial charge in [0.05, 0.1) is 4.90 Å². The molecule has 0 aliphatic carbocycles. The fourth-order valence-corrected chi connectivity index (χ4v) is 4.28. The zero-order chi connectivity index (χ0) is 18.5. The SMILES string of the molecule is Cc1cc(C)c(S(=O)(=O)NC(CCCNC(=N)N)C(=O)O)c(C)c1. The zero-order valence-electron chi connectivity index (χ0n) is 14.0. The Morgan fingerprint density at radius 1 is 1.29 bits per heavy atom. The predicted molar refractivity (Wildman–Crippen MR) is 91.5 cm³/mol. The Hall–Kier alpha value is -2.13. The average Bonchev–Trinajstić information content (AvgIpc) is 2.39. The number of carbonyl (C=O) groups is 1. The third-order valence-corrected chi connectivity index (χ3v) is 5.23. The minimum Gasteiger partial charge on any atom is -0.480 e. The number of rotatable bonds is 8. The maximum absolute atomic E-state index is 12.6. The van der Waals surface area contributed by atoms with Crippen molar-refractivity contribution in [1.29, 1.82) is 5.41 Å². The van der Waals surface area contributed by atoms with Gasteiger partial charge in [0.1, 0.15) is 6.04 Å². The van der Waals surface area contributed by atoms with Crippen molar-refractivity contribution in [3.8, 4) is 0 Å². The van der Waals surface area contributed by atoms with Crippen molar-refractivity contribution in [2.75, 3.05) is 6.54 Å². The molecule has 0 spiro atoms. The number of aryl methyl sites for hydroxylation is 3. The van der Waals surface area contributed by atoms with Crippen LogP contribution in [-0.4, -0.2) is 38.0 Å². The van der Waals surface area contributed by atoms with E-state index in [9.17, 15) is 18.3 Å². The van der Waals surface area contributed by atoms with Crippen molar-refractivity contribution < 1.29 is 18.3 Å². The molecule has 1 atom stereocenters. The number of hydrogen-bond acceptors (Lipinski definition) is 4. The Morgan fingerprint density at radius 2 is 1.83 bits per heavy atom. The molecule has 1 rings (SSSR count). The van der Waals surface area contributed by atoms with Gasteiger partial charge in [-0.15, -0.1) is 0 Å². The van der Waals surface area contributed by atoms with Crippen LogP contribution >= 0.6 is 0 Å². The Labute approximate surface area is 142 Å². The van der Waals surface area contributed by atoms with E-state index >= 15 is 0 Å². The molecule has 0 saturated carbocycles. The van der Waals surface area contributed by atoms with Crippen LogP contribution in [0.2, 0.25) is 0 Å². The van der Waals surface area contributed by atoms with E-state index in [0.717, 1.165) is 5.56 Å². The molecular formula is C15H24N4O4S. The lowest BCUT2D eigenvalue weighted by molar-refractivity contribution is -0.139. The number of nitrogens with one attached hydrogen (secondary N) is 3. The Morgan fingerprint density at radius 3 is 2.29 bits per heavy atom. The Bertz CT molecular complexity index is 708. The Kier molecular flexibility index (Phi) is 6.73. The van der Waals surface area contributed by atoms with Crippen LogP contribution in [0.15, 0.2) is 17.0 Å². The molecule has 6 N–H and O–H groups in total. The molecule has 1 unspecified atom stereocenters. The number of aliphatic carboxylic acids is 1. The van der Waals surface area contributed by atoms with E-state index in [2.05, 4.69) is 10.0 Å². The van der Waals surface area contributed by atoms with Crippen LogP contribution in [0.3, 0.4) is 0 Å². The first kappa shape index (κ1) is 19.9. The molecule has 24 heavy (non-hydrogen) atoms. The predicted octanol–water partition coefficient (Wildman–Crippen LogP) is 0.607. The highest BCUT2D eigenvalue weighted by molar-refractivity contribution is 7.89. The first-order chi connectivity index (χ1) is 11.0. The van der Waals surface area contributed by atoms with Gasteiger partial charge < -0.3 is 16.2 Å². The summed E-state index contributed by atoms with van der Waals surface area (Å²) in [5.41, 5.74) is 7.22. The summed E-state index contributed by atoms with van der Waals surface area (Å²) in [6, 6.07) is 2.24. The fourth-order valence-electron chi connectivity index (χ4n) is 2.60. The van der Waals surface area contributed by atoms with E-state index in [1.807, 2.05) is 6.92 Å². The monoisotopic (exact) mass is 356 g/mol. The molecule has 0 aliphatic heterocycles. The summed E-state index contributed by atoms with van der Waals surface area (Å²) in [6.45, 7) is 5.53. The molecule has 0 fully saturated rings. The van der Waals surface area contributed by atoms with Crippen LogP contribution in [0.1, 0.15) is 29.5 Å². The molecule has 9 heteroatoms. The molecule has 0 bridgehead atoms. The van der Waals surface area contributed by atoms with Crippen molar-refractivity contribution >= 4 is 22.0 Å². The van der Waals surface area contributed by atoms with Gasteiger partial charge in [0.2, 0.25) is 10.0 Å². The lowest BCUT2D eigenvalue weighted by Crippen LogP contribution is -2.42.